The second-order valence-electron chi connectivity index (χ2n) is 5.19. The third-order valence-corrected chi connectivity index (χ3v) is 4.17. The van der Waals surface area contributed by atoms with Crippen molar-refractivity contribution in [3.8, 4) is 5.75 Å². The van der Waals surface area contributed by atoms with Crippen molar-refractivity contribution >= 4 is 35.1 Å². The number of ether oxygens (including phenoxy) is 2. The summed E-state index contributed by atoms with van der Waals surface area (Å²) < 4.78 is 10.7. The second-order valence-corrected chi connectivity index (χ2v) is 5.97. The third-order valence-electron chi connectivity index (χ3n) is 3.37. The molecule has 7 heteroatoms. The normalized spacial score (nSPS) is 10.3. The standard InChI is InChI=1S/C18H17Cl2NO4/c19-14-7-3-8-15(17(14)20)24-10-4-9-16(22)25-11-12-5-1-2-6-13(12)18(21)23/h1-3,5-8H,4,9-11H2,(H2,21,23). The highest BCUT2D eigenvalue weighted by atomic mass is 35.5. The van der Waals surface area contributed by atoms with Crippen molar-refractivity contribution in [2.45, 2.75) is 19.4 Å². The summed E-state index contributed by atoms with van der Waals surface area (Å²) in [7, 11) is 0. The lowest BCUT2D eigenvalue weighted by molar-refractivity contribution is -0.145. The maximum atomic E-state index is 11.8. The van der Waals surface area contributed by atoms with E-state index < -0.39 is 5.91 Å². The maximum absolute atomic E-state index is 11.8. The van der Waals surface area contributed by atoms with Gasteiger partial charge in [0.25, 0.3) is 0 Å². The molecule has 0 saturated heterocycles. The highest BCUT2D eigenvalue weighted by molar-refractivity contribution is 6.42. The first-order valence-electron chi connectivity index (χ1n) is 7.59. The minimum atomic E-state index is -0.557. The van der Waals surface area contributed by atoms with Gasteiger partial charge in [0.15, 0.2) is 0 Å². The molecule has 2 rings (SSSR count). The second kappa shape index (κ2) is 9.30. The van der Waals surface area contributed by atoms with Crippen molar-refractivity contribution < 1.29 is 19.1 Å². The van der Waals surface area contributed by atoms with Gasteiger partial charge in [-0.05, 0) is 24.6 Å². The van der Waals surface area contributed by atoms with Crippen molar-refractivity contribution in [3.63, 3.8) is 0 Å². The van der Waals surface area contributed by atoms with Crippen LogP contribution in [0.25, 0.3) is 0 Å². The number of amides is 1. The molecule has 0 aliphatic carbocycles. The third kappa shape index (κ3) is 5.66. The van der Waals surface area contributed by atoms with Crippen LogP contribution >= 0.6 is 23.2 Å². The summed E-state index contributed by atoms with van der Waals surface area (Å²) in [5.41, 5.74) is 6.20. The van der Waals surface area contributed by atoms with Crippen LogP contribution in [-0.2, 0) is 16.1 Å². The van der Waals surface area contributed by atoms with E-state index in [1.807, 2.05) is 0 Å². The summed E-state index contributed by atoms with van der Waals surface area (Å²) in [5.74, 6) is -0.476. The molecule has 0 unspecified atom stereocenters. The SMILES string of the molecule is NC(=O)c1ccccc1COC(=O)CCCOc1cccc(Cl)c1Cl. The Hall–Kier alpha value is -2.24. The Balaban J connectivity index is 1.75. The highest BCUT2D eigenvalue weighted by Crippen LogP contribution is 2.31. The summed E-state index contributed by atoms with van der Waals surface area (Å²) in [6.45, 7) is 0.298. The van der Waals surface area contributed by atoms with Crippen LogP contribution < -0.4 is 10.5 Å². The summed E-state index contributed by atoms with van der Waals surface area (Å²) in [5, 5.41) is 0.751. The van der Waals surface area contributed by atoms with Crippen molar-refractivity contribution in [1.82, 2.24) is 0 Å². The van der Waals surface area contributed by atoms with E-state index >= 15 is 0 Å². The van der Waals surface area contributed by atoms with E-state index in [-0.39, 0.29) is 19.0 Å². The quantitative estimate of drug-likeness (QED) is 0.553. The lowest BCUT2D eigenvalue weighted by atomic mass is 10.1. The molecule has 2 N–H and O–H groups in total. The molecular weight excluding hydrogens is 365 g/mol. The van der Waals surface area contributed by atoms with Gasteiger partial charge in [0.1, 0.15) is 17.4 Å². The van der Waals surface area contributed by atoms with E-state index in [0.717, 1.165) is 0 Å². The van der Waals surface area contributed by atoms with Crippen LogP contribution in [0.1, 0.15) is 28.8 Å². The van der Waals surface area contributed by atoms with Gasteiger partial charge in [0.2, 0.25) is 5.91 Å². The molecule has 0 aromatic heterocycles. The van der Waals surface area contributed by atoms with E-state index in [1.165, 1.54) is 0 Å². The van der Waals surface area contributed by atoms with Crippen LogP contribution in [0.2, 0.25) is 10.0 Å². The van der Waals surface area contributed by atoms with Gasteiger partial charge in [-0.3, -0.25) is 9.59 Å². The van der Waals surface area contributed by atoms with Gasteiger partial charge in [-0.2, -0.15) is 0 Å². The molecule has 1 amide bonds. The monoisotopic (exact) mass is 381 g/mol. The number of rotatable bonds is 8. The molecule has 5 nitrogen and oxygen atoms in total. The number of nitrogens with two attached hydrogens (primary N) is 1. The van der Waals surface area contributed by atoms with Crippen LogP contribution in [0.15, 0.2) is 42.5 Å². The first-order chi connectivity index (χ1) is 12.0. The molecule has 2 aromatic carbocycles. The van der Waals surface area contributed by atoms with Gasteiger partial charge in [-0.1, -0.05) is 47.5 Å². The highest BCUT2D eigenvalue weighted by Gasteiger charge is 2.10. The molecular formula is C18H17Cl2NO4. The van der Waals surface area contributed by atoms with Crippen molar-refractivity contribution in [2.75, 3.05) is 6.61 Å². The lowest BCUT2D eigenvalue weighted by Gasteiger charge is -2.10. The number of primary amides is 1. The number of carbonyl (C=O) groups is 2. The summed E-state index contributed by atoms with van der Waals surface area (Å²) in [4.78, 5) is 23.1. The van der Waals surface area contributed by atoms with Crippen LogP contribution in [0.4, 0.5) is 0 Å². The summed E-state index contributed by atoms with van der Waals surface area (Å²) in [6, 6.07) is 11.8. The first kappa shape index (κ1) is 19.1. The summed E-state index contributed by atoms with van der Waals surface area (Å²) >= 11 is 11.9. The molecule has 0 aliphatic heterocycles. The average Bonchev–Trinajstić information content (AvgIpc) is 2.60. The van der Waals surface area contributed by atoms with E-state index in [9.17, 15) is 9.59 Å². The number of benzene rings is 2. The molecule has 0 fully saturated rings. The van der Waals surface area contributed by atoms with Crippen molar-refractivity contribution in [2.24, 2.45) is 5.73 Å². The zero-order chi connectivity index (χ0) is 18.2. The fourth-order valence-corrected chi connectivity index (χ4v) is 2.46. The molecule has 0 saturated carbocycles. The van der Waals surface area contributed by atoms with E-state index in [2.05, 4.69) is 0 Å². The molecule has 0 bridgehead atoms. The van der Waals surface area contributed by atoms with Crippen LogP contribution in [0.3, 0.4) is 0 Å². The van der Waals surface area contributed by atoms with Gasteiger partial charge in [0.05, 0.1) is 11.6 Å². The number of hydrogen-bond donors (Lipinski definition) is 1. The van der Waals surface area contributed by atoms with E-state index in [1.54, 1.807) is 42.5 Å². The number of hydrogen-bond acceptors (Lipinski definition) is 4. The smallest absolute Gasteiger partial charge is 0.306 e. The Labute approximate surface area is 155 Å². The minimum absolute atomic E-state index is 0.00107. The lowest BCUT2D eigenvalue weighted by Crippen LogP contribution is -2.15. The molecule has 132 valence electrons. The zero-order valence-corrected chi connectivity index (χ0v) is 14.8. The predicted molar refractivity (Wildman–Crippen MR) is 95.9 cm³/mol. The van der Waals surface area contributed by atoms with Gasteiger partial charge in [0, 0.05) is 17.5 Å². The molecule has 2 aromatic rings. The van der Waals surface area contributed by atoms with Gasteiger partial charge in [-0.15, -0.1) is 0 Å². The largest absolute Gasteiger partial charge is 0.492 e. The molecule has 25 heavy (non-hydrogen) atoms. The molecule has 0 heterocycles. The van der Waals surface area contributed by atoms with Crippen molar-refractivity contribution in [3.05, 3.63) is 63.6 Å². The number of esters is 1. The Morgan fingerprint density at radius 3 is 2.56 bits per heavy atom. The van der Waals surface area contributed by atoms with E-state index in [0.29, 0.717) is 39.9 Å². The number of halogens is 2. The van der Waals surface area contributed by atoms with Crippen LogP contribution in [0.5, 0.6) is 5.75 Å². The Morgan fingerprint density at radius 2 is 1.80 bits per heavy atom. The fraction of sp³-hybridized carbons (Fsp3) is 0.222. The van der Waals surface area contributed by atoms with Gasteiger partial charge >= 0.3 is 5.97 Å². The minimum Gasteiger partial charge on any atom is -0.492 e. The van der Waals surface area contributed by atoms with Crippen molar-refractivity contribution in [1.29, 1.82) is 0 Å². The fourth-order valence-electron chi connectivity index (χ4n) is 2.11. The molecule has 0 radical (unpaired) electrons. The van der Waals surface area contributed by atoms with E-state index in [4.69, 9.17) is 38.4 Å². The Bertz CT molecular complexity index is 764. The van der Waals surface area contributed by atoms with Crippen LogP contribution in [0, 0.1) is 0 Å². The van der Waals surface area contributed by atoms with Gasteiger partial charge in [-0.25, -0.2) is 0 Å². The van der Waals surface area contributed by atoms with Gasteiger partial charge < -0.3 is 15.2 Å². The first-order valence-corrected chi connectivity index (χ1v) is 8.34. The Morgan fingerprint density at radius 1 is 1.04 bits per heavy atom. The predicted octanol–water partition coefficient (Wildman–Crippen LogP) is 3.99. The maximum Gasteiger partial charge on any atom is 0.306 e. The zero-order valence-electron chi connectivity index (χ0n) is 13.3. The molecule has 0 atom stereocenters. The summed E-state index contributed by atoms with van der Waals surface area (Å²) in [6.07, 6.45) is 0.635. The molecule has 0 spiro atoms. The topological polar surface area (TPSA) is 78.6 Å². The Kier molecular flexibility index (Phi) is 7.10. The molecule has 0 aliphatic rings. The van der Waals surface area contributed by atoms with Crippen LogP contribution in [-0.4, -0.2) is 18.5 Å². The number of carbonyl (C=O) groups excluding carboxylic acids is 2. The average molecular weight is 382 g/mol.